The highest BCUT2D eigenvalue weighted by atomic mass is 32.2. The van der Waals surface area contributed by atoms with Crippen molar-refractivity contribution in [3.63, 3.8) is 0 Å². The number of aliphatic carboxylic acids is 1. The summed E-state index contributed by atoms with van der Waals surface area (Å²) in [5.41, 5.74) is 1.13. The number of amides is 1. The van der Waals surface area contributed by atoms with Crippen molar-refractivity contribution in [1.29, 1.82) is 0 Å². The van der Waals surface area contributed by atoms with Gasteiger partial charge in [-0.25, -0.2) is 14.8 Å². The van der Waals surface area contributed by atoms with E-state index in [1.807, 2.05) is 27.7 Å². The number of nitrogens with zero attached hydrogens (tertiary/aromatic N) is 2. The molecule has 2 aromatic heterocycles. The van der Waals surface area contributed by atoms with Gasteiger partial charge in [0.1, 0.15) is 22.2 Å². The number of carbonyl (C=O) groups excluding carboxylic acids is 1. The second-order valence-corrected chi connectivity index (χ2v) is 8.19. The largest absolute Gasteiger partial charge is 0.480 e. The number of hydrogen-bond donors (Lipinski definition) is 2. The molecule has 0 saturated heterocycles. The first kappa shape index (κ1) is 18.7. The molecule has 0 aliphatic heterocycles. The average molecular weight is 367 g/mol. The van der Waals surface area contributed by atoms with E-state index < -0.39 is 12.0 Å². The van der Waals surface area contributed by atoms with E-state index in [0.29, 0.717) is 6.42 Å². The van der Waals surface area contributed by atoms with Crippen LogP contribution in [0.3, 0.4) is 0 Å². The highest BCUT2D eigenvalue weighted by Crippen LogP contribution is 2.34. The third kappa shape index (κ3) is 4.45. The molecule has 0 unspecified atom stereocenters. The Morgan fingerprint density at radius 1 is 1.33 bits per heavy atom. The summed E-state index contributed by atoms with van der Waals surface area (Å²) in [7, 11) is 0. The van der Waals surface area contributed by atoms with Gasteiger partial charge in [-0.15, -0.1) is 11.3 Å². The topological polar surface area (TPSA) is 92.2 Å². The number of hydrogen-bond acceptors (Lipinski definition) is 6. The molecule has 8 heteroatoms. The molecular weight excluding hydrogens is 346 g/mol. The lowest BCUT2D eigenvalue weighted by Crippen LogP contribution is -2.42. The van der Waals surface area contributed by atoms with Gasteiger partial charge >= 0.3 is 5.97 Å². The van der Waals surface area contributed by atoms with Gasteiger partial charge in [-0.05, 0) is 31.7 Å². The molecule has 6 nitrogen and oxygen atoms in total. The maximum atomic E-state index is 12.1. The molecule has 0 bridgehead atoms. The number of thioether (sulfide) groups is 1. The molecule has 0 spiro atoms. The maximum absolute atomic E-state index is 12.1. The lowest BCUT2D eigenvalue weighted by molar-refractivity contribution is -0.141. The number of thiophene rings is 1. The summed E-state index contributed by atoms with van der Waals surface area (Å²) in [4.78, 5) is 34.0. The number of carboxylic acids is 1. The van der Waals surface area contributed by atoms with Gasteiger partial charge in [0.2, 0.25) is 5.91 Å². The van der Waals surface area contributed by atoms with Gasteiger partial charge in [-0.1, -0.05) is 25.6 Å². The summed E-state index contributed by atoms with van der Waals surface area (Å²) in [6, 6.07) is -0.853. The van der Waals surface area contributed by atoms with Crippen molar-refractivity contribution in [1.82, 2.24) is 15.3 Å². The molecule has 1 amide bonds. The first-order valence-electron chi connectivity index (χ1n) is 7.65. The smallest absolute Gasteiger partial charge is 0.326 e. The van der Waals surface area contributed by atoms with Crippen molar-refractivity contribution in [2.24, 2.45) is 5.92 Å². The van der Waals surface area contributed by atoms with Crippen LogP contribution in [0.1, 0.15) is 30.7 Å². The van der Waals surface area contributed by atoms with Gasteiger partial charge in [0, 0.05) is 10.3 Å². The molecular formula is C16H21N3O3S2. The lowest BCUT2D eigenvalue weighted by Gasteiger charge is -2.16. The Kier molecular flexibility index (Phi) is 6.17. The highest BCUT2D eigenvalue weighted by Gasteiger charge is 2.21. The Morgan fingerprint density at radius 2 is 2.04 bits per heavy atom. The van der Waals surface area contributed by atoms with Gasteiger partial charge in [-0.3, -0.25) is 4.79 Å². The van der Waals surface area contributed by atoms with E-state index >= 15 is 0 Å². The molecule has 2 N–H and O–H groups in total. The second-order valence-electron chi connectivity index (χ2n) is 6.02. The SMILES string of the molecule is Cc1sc2ncnc(SCC(=O)N[C@@H](CC(C)C)C(=O)O)c2c1C. The monoisotopic (exact) mass is 367 g/mol. The summed E-state index contributed by atoms with van der Waals surface area (Å²) in [6.45, 7) is 7.91. The molecule has 0 saturated carbocycles. The molecule has 0 aromatic carbocycles. The first-order chi connectivity index (χ1) is 11.3. The van der Waals surface area contributed by atoms with Gasteiger partial charge < -0.3 is 10.4 Å². The number of carboxylic acid groups (broad SMARTS) is 1. The molecule has 1 atom stereocenters. The third-order valence-corrected chi connectivity index (χ3v) is 5.72. The van der Waals surface area contributed by atoms with Crippen LogP contribution in [0, 0.1) is 19.8 Å². The van der Waals surface area contributed by atoms with Crippen LogP contribution >= 0.6 is 23.1 Å². The molecule has 0 aliphatic rings. The molecule has 24 heavy (non-hydrogen) atoms. The molecule has 2 rings (SSSR count). The van der Waals surface area contributed by atoms with Gasteiger partial charge in [0.15, 0.2) is 0 Å². The normalized spacial score (nSPS) is 12.5. The average Bonchev–Trinajstić information content (AvgIpc) is 2.79. The van der Waals surface area contributed by atoms with Crippen molar-refractivity contribution in [3.05, 3.63) is 16.8 Å². The van der Waals surface area contributed by atoms with E-state index in [4.69, 9.17) is 0 Å². The zero-order valence-electron chi connectivity index (χ0n) is 14.1. The zero-order valence-corrected chi connectivity index (χ0v) is 15.8. The van der Waals surface area contributed by atoms with E-state index in [1.54, 1.807) is 11.3 Å². The number of rotatable bonds is 7. The molecule has 2 aromatic rings. The molecule has 0 aliphatic carbocycles. The zero-order chi connectivity index (χ0) is 17.9. The minimum atomic E-state index is -1.00. The van der Waals surface area contributed by atoms with Crippen LogP contribution in [0.4, 0.5) is 0 Å². The lowest BCUT2D eigenvalue weighted by atomic mass is 10.0. The maximum Gasteiger partial charge on any atom is 0.326 e. The van der Waals surface area contributed by atoms with Crippen molar-refractivity contribution in [3.8, 4) is 0 Å². The first-order valence-corrected chi connectivity index (χ1v) is 9.45. The Labute approximate surface area is 149 Å². The quantitative estimate of drug-likeness (QED) is 0.577. The fourth-order valence-electron chi connectivity index (χ4n) is 2.32. The fraction of sp³-hybridized carbons (Fsp3) is 0.500. The minimum Gasteiger partial charge on any atom is -0.480 e. The predicted octanol–water partition coefficient (Wildman–Crippen LogP) is 3.02. The summed E-state index contributed by atoms with van der Waals surface area (Å²) in [6.07, 6.45) is 1.91. The van der Waals surface area contributed by atoms with E-state index in [0.717, 1.165) is 20.8 Å². The van der Waals surface area contributed by atoms with Gasteiger partial charge in [-0.2, -0.15) is 0 Å². The van der Waals surface area contributed by atoms with Crippen LogP contribution in [0.25, 0.3) is 10.2 Å². The molecule has 0 radical (unpaired) electrons. The van der Waals surface area contributed by atoms with Crippen LogP contribution in [0.15, 0.2) is 11.4 Å². The standard InChI is InChI=1S/C16H21N3O3S2/c1-8(2)5-11(16(21)22)19-12(20)6-23-14-13-9(3)10(4)24-15(13)18-7-17-14/h7-8,11H,5-6H2,1-4H3,(H,19,20)(H,21,22)/t11-/m0/s1. The number of carbonyl (C=O) groups is 2. The van der Waals surface area contributed by atoms with E-state index in [9.17, 15) is 14.7 Å². The summed E-state index contributed by atoms with van der Waals surface area (Å²) in [5.74, 6) is -0.986. The minimum absolute atomic E-state index is 0.127. The summed E-state index contributed by atoms with van der Waals surface area (Å²) < 4.78 is 0. The predicted molar refractivity (Wildman–Crippen MR) is 96.6 cm³/mol. The molecule has 2 heterocycles. The van der Waals surface area contributed by atoms with Crippen LogP contribution < -0.4 is 5.32 Å². The number of nitrogens with one attached hydrogen (secondary N) is 1. The summed E-state index contributed by atoms with van der Waals surface area (Å²) >= 11 is 2.91. The van der Waals surface area contributed by atoms with Crippen molar-refractivity contribution >= 4 is 45.2 Å². The highest BCUT2D eigenvalue weighted by molar-refractivity contribution is 8.00. The van der Waals surface area contributed by atoms with E-state index in [-0.39, 0.29) is 17.6 Å². The number of aryl methyl sites for hydroxylation is 2. The third-order valence-electron chi connectivity index (χ3n) is 3.61. The number of fused-ring (bicyclic) bond motifs is 1. The molecule has 0 fully saturated rings. The number of aromatic nitrogens is 2. The van der Waals surface area contributed by atoms with Crippen molar-refractivity contribution in [2.75, 3.05) is 5.75 Å². The van der Waals surface area contributed by atoms with Crippen LogP contribution in [0.5, 0.6) is 0 Å². The van der Waals surface area contributed by atoms with Crippen LogP contribution in [-0.4, -0.2) is 38.7 Å². The van der Waals surface area contributed by atoms with Gasteiger partial charge in [0.05, 0.1) is 5.75 Å². The summed E-state index contributed by atoms with van der Waals surface area (Å²) in [5, 5.41) is 13.5. The van der Waals surface area contributed by atoms with Crippen molar-refractivity contribution in [2.45, 2.75) is 45.2 Å². The van der Waals surface area contributed by atoms with Gasteiger partial charge in [0.25, 0.3) is 0 Å². The van der Waals surface area contributed by atoms with Crippen molar-refractivity contribution < 1.29 is 14.7 Å². The fourth-order valence-corrected chi connectivity index (χ4v) is 4.25. The Morgan fingerprint density at radius 3 is 2.67 bits per heavy atom. The Hall–Kier alpha value is -1.67. The van der Waals surface area contributed by atoms with E-state index in [1.165, 1.54) is 23.0 Å². The Bertz CT molecular complexity index is 758. The molecule has 130 valence electrons. The van der Waals surface area contributed by atoms with E-state index in [2.05, 4.69) is 15.3 Å². The second kappa shape index (κ2) is 7.94. The van der Waals surface area contributed by atoms with Crippen LogP contribution in [-0.2, 0) is 9.59 Å². The van der Waals surface area contributed by atoms with Crippen LogP contribution in [0.2, 0.25) is 0 Å². The Balaban J connectivity index is 2.05.